The highest BCUT2D eigenvalue weighted by molar-refractivity contribution is 14.1. The summed E-state index contributed by atoms with van der Waals surface area (Å²) in [7, 11) is -3.60. The third kappa shape index (κ3) is 4.04. The van der Waals surface area contributed by atoms with Crippen LogP contribution in [0.2, 0.25) is 0 Å². The third-order valence-corrected chi connectivity index (χ3v) is 4.55. The summed E-state index contributed by atoms with van der Waals surface area (Å²) < 4.78 is 25.0. The lowest BCUT2D eigenvalue weighted by Gasteiger charge is -2.03. The molecule has 1 N–H and O–H groups in total. The molecule has 0 fully saturated rings. The highest BCUT2D eigenvalue weighted by Crippen LogP contribution is 2.09. The molecular weight excluding hydrogens is 387 g/mol. The maximum Gasteiger partial charge on any atom is 0.276 e. The van der Waals surface area contributed by atoms with Crippen molar-refractivity contribution < 1.29 is 8.42 Å². The van der Waals surface area contributed by atoms with Crippen molar-refractivity contribution in [3.05, 3.63) is 63.2 Å². The summed E-state index contributed by atoms with van der Waals surface area (Å²) in [5.41, 5.74) is 1.84. The van der Waals surface area contributed by atoms with Gasteiger partial charge in [0.25, 0.3) is 10.0 Å². The van der Waals surface area contributed by atoms with Gasteiger partial charge in [0.1, 0.15) is 0 Å². The minimum atomic E-state index is -3.60. The van der Waals surface area contributed by atoms with Crippen LogP contribution in [0.1, 0.15) is 11.1 Å². The number of rotatable bonds is 4. The average Bonchev–Trinajstić information content (AvgIpc) is 2.41. The zero-order chi connectivity index (χ0) is 14.6. The van der Waals surface area contributed by atoms with Gasteiger partial charge >= 0.3 is 0 Å². The number of benzene rings is 2. The number of aryl methyl sites for hydroxylation is 1. The summed E-state index contributed by atoms with van der Waals surface area (Å²) in [6.45, 7) is 1.90. The molecule has 2 aromatic rings. The second-order valence-corrected chi connectivity index (χ2v) is 7.12. The Hall–Kier alpha value is -1.41. The van der Waals surface area contributed by atoms with Gasteiger partial charge in [0.2, 0.25) is 0 Å². The highest BCUT2D eigenvalue weighted by atomic mass is 127. The van der Waals surface area contributed by atoms with Gasteiger partial charge in [-0.3, -0.25) is 0 Å². The van der Waals surface area contributed by atoms with E-state index in [1.165, 1.54) is 6.21 Å². The van der Waals surface area contributed by atoms with Crippen LogP contribution in [-0.2, 0) is 10.0 Å². The molecule has 0 aromatic heterocycles. The first-order valence-corrected chi connectivity index (χ1v) is 8.41. The Balaban J connectivity index is 2.09. The number of halogens is 1. The van der Waals surface area contributed by atoms with Crippen molar-refractivity contribution in [2.24, 2.45) is 5.10 Å². The molecule has 2 aromatic carbocycles. The van der Waals surface area contributed by atoms with E-state index in [2.05, 4.69) is 32.5 Å². The van der Waals surface area contributed by atoms with Crippen molar-refractivity contribution in [1.82, 2.24) is 4.83 Å². The van der Waals surface area contributed by atoms with E-state index in [0.717, 1.165) is 14.7 Å². The summed E-state index contributed by atoms with van der Waals surface area (Å²) in [6, 6.07) is 14.2. The van der Waals surface area contributed by atoms with Crippen LogP contribution >= 0.6 is 22.6 Å². The highest BCUT2D eigenvalue weighted by Gasteiger charge is 2.11. The zero-order valence-corrected chi connectivity index (χ0v) is 13.7. The van der Waals surface area contributed by atoms with E-state index in [0.29, 0.717) is 0 Å². The SMILES string of the molecule is Cc1ccc(S(=O)(=O)N/N=C\c2ccc(I)cc2)cc1. The monoisotopic (exact) mass is 400 g/mol. The molecule has 0 aliphatic rings. The molecule has 20 heavy (non-hydrogen) atoms. The molecule has 0 saturated heterocycles. The van der Waals surface area contributed by atoms with E-state index in [-0.39, 0.29) is 4.90 Å². The summed E-state index contributed by atoms with van der Waals surface area (Å²) >= 11 is 2.20. The summed E-state index contributed by atoms with van der Waals surface area (Å²) in [4.78, 5) is 2.39. The van der Waals surface area contributed by atoms with Gasteiger partial charge in [0, 0.05) is 3.57 Å². The Morgan fingerprint density at radius 2 is 1.65 bits per heavy atom. The Labute approximate surface area is 132 Å². The minimum absolute atomic E-state index is 0.197. The quantitative estimate of drug-likeness (QED) is 0.488. The van der Waals surface area contributed by atoms with Gasteiger partial charge in [-0.1, -0.05) is 29.8 Å². The van der Waals surface area contributed by atoms with Gasteiger partial charge in [-0.2, -0.15) is 13.5 Å². The van der Waals surface area contributed by atoms with Crippen LogP contribution in [0.15, 0.2) is 58.5 Å². The molecule has 6 heteroatoms. The van der Waals surface area contributed by atoms with Gasteiger partial charge < -0.3 is 0 Å². The van der Waals surface area contributed by atoms with Crippen LogP contribution in [-0.4, -0.2) is 14.6 Å². The van der Waals surface area contributed by atoms with Gasteiger partial charge in [0.05, 0.1) is 11.1 Å². The number of nitrogens with one attached hydrogen (secondary N) is 1. The number of hydrazone groups is 1. The molecular formula is C14H13IN2O2S. The van der Waals surface area contributed by atoms with Crippen molar-refractivity contribution in [1.29, 1.82) is 0 Å². The topological polar surface area (TPSA) is 58.5 Å². The standard InChI is InChI=1S/C14H13IN2O2S/c1-11-2-8-14(9-3-11)20(18,19)17-16-10-12-4-6-13(15)7-5-12/h2-10,17H,1H3/b16-10-. The van der Waals surface area contributed by atoms with E-state index in [4.69, 9.17) is 0 Å². The molecule has 0 atom stereocenters. The molecule has 0 aliphatic carbocycles. The normalized spacial score (nSPS) is 11.7. The Morgan fingerprint density at radius 3 is 2.25 bits per heavy atom. The molecule has 104 valence electrons. The van der Waals surface area contributed by atoms with E-state index >= 15 is 0 Å². The van der Waals surface area contributed by atoms with Crippen LogP contribution < -0.4 is 4.83 Å². The van der Waals surface area contributed by atoms with E-state index in [9.17, 15) is 8.42 Å². The van der Waals surface area contributed by atoms with Crippen molar-refractivity contribution in [2.45, 2.75) is 11.8 Å². The van der Waals surface area contributed by atoms with Crippen LogP contribution in [0.3, 0.4) is 0 Å². The van der Waals surface area contributed by atoms with Crippen LogP contribution in [0.5, 0.6) is 0 Å². The second-order valence-electron chi connectivity index (χ2n) is 4.22. The average molecular weight is 400 g/mol. The molecule has 0 saturated carbocycles. The molecule has 0 spiro atoms. The zero-order valence-electron chi connectivity index (χ0n) is 10.7. The van der Waals surface area contributed by atoms with Crippen molar-refractivity contribution >= 4 is 38.8 Å². The second kappa shape index (κ2) is 6.36. The molecule has 0 radical (unpaired) electrons. The van der Waals surface area contributed by atoms with E-state index in [1.807, 2.05) is 31.2 Å². The Morgan fingerprint density at radius 1 is 1.05 bits per heavy atom. The molecule has 4 nitrogen and oxygen atoms in total. The number of nitrogens with zero attached hydrogens (tertiary/aromatic N) is 1. The number of sulfonamides is 1. The Kier molecular flexibility index (Phi) is 4.77. The van der Waals surface area contributed by atoms with Crippen LogP contribution in [0.25, 0.3) is 0 Å². The predicted molar refractivity (Wildman–Crippen MR) is 88.3 cm³/mol. The van der Waals surface area contributed by atoms with Crippen LogP contribution in [0, 0.1) is 10.5 Å². The van der Waals surface area contributed by atoms with Crippen molar-refractivity contribution in [3.8, 4) is 0 Å². The van der Waals surface area contributed by atoms with Gasteiger partial charge in [-0.05, 0) is 59.3 Å². The number of hydrogen-bond donors (Lipinski definition) is 1. The summed E-state index contributed by atoms with van der Waals surface area (Å²) in [5.74, 6) is 0. The minimum Gasteiger partial charge on any atom is -0.200 e. The molecule has 0 heterocycles. The lowest BCUT2D eigenvalue weighted by Crippen LogP contribution is -2.18. The van der Waals surface area contributed by atoms with Gasteiger partial charge in [-0.25, -0.2) is 4.83 Å². The lowest BCUT2D eigenvalue weighted by molar-refractivity contribution is 0.584. The summed E-state index contributed by atoms with van der Waals surface area (Å²) in [6.07, 6.45) is 1.47. The maximum absolute atomic E-state index is 12.0. The molecule has 0 aliphatic heterocycles. The molecule has 0 unspecified atom stereocenters. The van der Waals surface area contributed by atoms with E-state index < -0.39 is 10.0 Å². The summed E-state index contributed by atoms with van der Waals surface area (Å²) in [5, 5.41) is 3.78. The van der Waals surface area contributed by atoms with Gasteiger partial charge in [-0.15, -0.1) is 0 Å². The Bertz CT molecular complexity index is 708. The lowest BCUT2D eigenvalue weighted by atomic mass is 10.2. The third-order valence-electron chi connectivity index (χ3n) is 2.59. The van der Waals surface area contributed by atoms with E-state index in [1.54, 1.807) is 24.3 Å². The molecule has 2 rings (SSSR count). The van der Waals surface area contributed by atoms with Gasteiger partial charge in [0.15, 0.2) is 0 Å². The fourth-order valence-electron chi connectivity index (χ4n) is 1.49. The predicted octanol–water partition coefficient (Wildman–Crippen LogP) is 2.91. The number of hydrogen-bond acceptors (Lipinski definition) is 3. The first kappa shape index (κ1) is 15.0. The first-order chi connectivity index (χ1) is 9.47. The maximum atomic E-state index is 12.0. The first-order valence-electron chi connectivity index (χ1n) is 5.84. The molecule has 0 amide bonds. The molecule has 0 bridgehead atoms. The van der Waals surface area contributed by atoms with Crippen LogP contribution in [0.4, 0.5) is 0 Å². The van der Waals surface area contributed by atoms with Crippen molar-refractivity contribution in [3.63, 3.8) is 0 Å². The van der Waals surface area contributed by atoms with Crippen molar-refractivity contribution in [2.75, 3.05) is 0 Å². The fourth-order valence-corrected chi connectivity index (χ4v) is 2.64. The fraction of sp³-hybridized carbons (Fsp3) is 0.0714. The largest absolute Gasteiger partial charge is 0.276 e. The smallest absolute Gasteiger partial charge is 0.200 e.